The second kappa shape index (κ2) is 9.58. The Labute approximate surface area is 161 Å². The minimum absolute atomic E-state index is 0.0111. The SMILES string of the molecule is COc1cccc(C(=O)N2CCC(C(=O)NCCC3=CCCCC3)CC2)c1. The van der Waals surface area contributed by atoms with Crippen LogP contribution in [-0.2, 0) is 4.79 Å². The third-order valence-corrected chi connectivity index (χ3v) is 5.60. The van der Waals surface area contributed by atoms with Gasteiger partial charge in [-0.05, 0) is 63.1 Å². The summed E-state index contributed by atoms with van der Waals surface area (Å²) in [5.74, 6) is 0.847. The van der Waals surface area contributed by atoms with Gasteiger partial charge in [0, 0.05) is 31.1 Å². The molecule has 27 heavy (non-hydrogen) atoms. The van der Waals surface area contributed by atoms with Gasteiger partial charge in [-0.2, -0.15) is 0 Å². The number of allylic oxidation sites excluding steroid dienone is 1. The molecule has 1 aromatic carbocycles. The molecule has 0 spiro atoms. The Hall–Kier alpha value is -2.30. The zero-order chi connectivity index (χ0) is 19.1. The van der Waals surface area contributed by atoms with Crippen LogP contribution >= 0.6 is 0 Å². The summed E-state index contributed by atoms with van der Waals surface area (Å²) >= 11 is 0. The molecule has 3 rings (SSSR count). The molecule has 0 radical (unpaired) electrons. The summed E-state index contributed by atoms with van der Waals surface area (Å²) in [6.45, 7) is 1.98. The molecule has 1 aliphatic carbocycles. The van der Waals surface area contributed by atoms with Crippen LogP contribution in [0.5, 0.6) is 5.75 Å². The number of ether oxygens (including phenoxy) is 1. The normalized spacial score (nSPS) is 18.0. The Morgan fingerprint density at radius 1 is 1.22 bits per heavy atom. The van der Waals surface area contributed by atoms with Crippen molar-refractivity contribution in [2.24, 2.45) is 5.92 Å². The molecule has 0 unspecified atom stereocenters. The molecular formula is C22H30N2O3. The van der Waals surface area contributed by atoms with Crippen molar-refractivity contribution in [1.29, 1.82) is 0 Å². The highest BCUT2D eigenvalue weighted by molar-refractivity contribution is 5.94. The fraction of sp³-hybridized carbons (Fsp3) is 0.545. The second-order valence-electron chi connectivity index (χ2n) is 7.45. The van der Waals surface area contributed by atoms with Crippen molar-refractivity contribution in [2.75, 3.05) is 26.7 Å². The highest BCUT2D eigenvalue weighted by atomic mass is 16.5. The molecule has 1 N–H and O–H groups in total. The van der Waals surface area contributed by atoms with Gasteiger partial charge in [-0.15, -0.1) is 0 Å². The number of benzene rings is 1. The van der Waals surface area contributed by atoms with E-state index < -0.39 is 0 Å². The lowest BCUT2D eigenvalue weighted by Crippen LogP contribution is -2.43. The van der Waals surface area contributed by atoms with Crippen LogP contribution in [0.1, 0.15) is 55.3 Å². The first kappa shape index (κ1) is 19.5. The van der Waals surface area contributed by atoms with Crippen molar-refractivity contribution in [1.82, 2.24) is 10.2 Å². The van der Waals surface area contributed by atoms with Gasteiger partial charge in [-0.3, -0.25) is 9.59 Å². The summed E-state index contributed by atoms with van der Waals surface area (Å²) in [4.78, 5) is 26.9. The van der Waals surface area contributed by atoms with Crippen molar-refractivity contribution >= 4 is 11.8 Å². The Morgan fingerprint density at radius 2 is 2.04 bits per heavy atom. The van der Waals surface area contributed by atoms with Crippen LogP contribution < -0.4 is 10.1 Å². The smallest absolute Gasteiger partial charge is 0.253 e. The lowest BCUT2D eigenvalue weighted by Gasteiger charge is -2.31. The van der Waals surface area contributed by atoms with Crippen molar-refractivity contribution in [3.05, 3.63) is 41.5 Å². The minimum atomic E-state index is 0.0111. The van der Waals surface area contributed by atoms with E-state index >= 15 is 0 Å². The summed E-state index contributed by atoms with van der Waals surface area (Å²) < 4.78 is 5.19. The van der Waals surface area contributed by atoms with Gasteiger partial charge in [0.2, 0.25) is 5.91 Å². The third-order valence-electron chi connectivity index (χ3n) is 5.60. The zero-order valence-corrected chi connectivity index (χ0v) is 16.2. The molecule has 0 saturated carbocycles. The number of rotatable bonds is 6. The number of nitrogens with one attached hydrogen (secondary N) is 1. The molecule has 0 bridgehead atoms. The standard InChI is InChI=1S/C22H30N2O3/c1-27-20-9-5-8-19(16-20)22(26)24-14-11-18(12-15-24)21(25)23-13-10-17-6-3-2-4-7-17/h5-6,8-9,16,18H,2-4,7,10-15H2,1H3,(H,23,25). The molecular weight excluding hydrogens is 340 g/mol. The third kappa shape index (κ3) is 5.34. The monoisotopic (exact) mass is 370 g/mol. The summed E-state index contributed by atoms with van der Waals surface area (Å²) in [7, 11) is 1.60. The Bertz CT molecular complexity index is 691. The van der Waals surface area contributed by atoms with Gasteiger partial charge >= 0.3 is 0 Å². The molecule has 1 aromatic rings. The number of amides is 2. The van der Waals surface area contributed by atoms with Crippen LogP contribution in [0.2, 0.25) is 0 Å². The Kier molecular flexibility index (Phi) is 6.91. The van der Waals surface area contributed by atoms with Gasteiger partial charge in [-0.25, -0.2) is 0 Å². The van der Waals surface area contributed by atoms with E-state index in [-0.39, 0.29) is 17.7 Å². The number of nitrogens with zero attached hydrogens (tertiary/aromatic N) is 1. The van der Waals surface area contributed by atoms with Gasteiger partial charge in [0.15, 0.2) is 0 Å². The van der Waals surface area contributed by atoms with Crippen LogP contribution in [0.25, 0.3) is 0 Å². The number of carbonyl (C=O) groups excluding carboxylic acids is 2. The van der Waals surface area contributed by atoms with E-state index in [2.05, 4.69) is 11.4 Å². The molecule has 1 fully saturated rings. The zero-order valence-electron chi connectivity index (χ0n) is 16.2. The maximum Gasteiger partial charge on any atom is 0.253 e. The predicted molar refractivity (Wildman–Crippen MR) is 106 cm³/mol. The summed E-state index contributed by atoms with van der Waals surface area (Å²) in [6, 6.07) is 7.23. The Balaban J connectivity index is 1.43. The molecule has 0 atom stereocenters. The first-order valence-electron chi connectivity index (χ1n) is 10.1. The topological polar surface area (TPSA) is 58.6 Å². The van der Waals surface area contributed by atoms with Gasteiger partial charge in [0.25, 0.3) is 5.91 Å². The van der Waals surface area contributed by atoms with Crippen molar-refractivity contribution in [3.8, 4) is 5.75 Å². The molecule has 2 amide bonds. The first-order chi connectivity index (χ1) is 13.2. The van der Waals surface area contributed by atoms with Crippen molar-refractivity contribution < 1.29 is 14.3 Å². The van der Waals surface area contributed by atoms with E-state index in [0.29, 0.717) is 24.4 Å². The fourth-order valence-electron chi connectivity index (χ4n) is 3.91. The van der Waals surface area contributed by atoms with E-state index in [9.17, 15) is 9.59 Å². The number of hydrogen-bond donors (Lipinski definition) is 1. The van der Waals surface area contributed by atoms with E-state index in [1.165, 1.54) is 31.3 Å². The van der Waals surface area contributed by atoms with Crippen LogP contribution in [0, 0.1) is 5.92 Å². The summed E-state index contributed by atoms with van der Waals surface area (Å²) in [5, 5.41) is 3.09. The number of methoxy groups -OCH3 is 1. The van der Waals surface area contributed by atoms with E-state index in [1.807, 2.05) is 23.1 Å². The molecule has 1 aliphatic heterocycles. The molecule has 2 aliphatic rings. The summed E-state index contributed by atoms with van der Waals surface area (Å²) in [5.41, 5.74) is 2.12. The van der Waals surface area contributed by atoms with Crippen LogP contribution in [0.4, 0.5) is 0 Å². The molecule has 0 aromatic heterocycles. The van der Waals surface area contributed by atoms with E-state index in [0.717, 1.165) is 25.8 Å². The highest BCUT2D eigenvalue weighted by Crippen LogP contribution is 2.22. The number of piperidine rings is 1. The number of carbonyl (C=O) groups is 2. The maximum absolute atomic E-state index is 12.7. The fourth-order valence-corrected chi connectivity index (χ4v) is 3.91. The maximum atomic E-state index is 12.7. The quantitative estimate of drug-likeness (QED) is 0.779. The van der Waals surface area contributed by atoms with Crippen LogP contribution in [0.15, 0.2) is 35.9 Å². The predicted octanol–water partition coefficient (Wildman–Crippen LogP) is 3.55. The average molecular weight is 370 g/mol. The van der Waals surface area contributed by atoms with Crippen molar-refractivity contribution in [3.63, 3.8) is 0 Å². The lowest BCUT2D eigenvalue weighted by atomic mass is 9.94. The highest BCUT2D eigenvalue weighted by Gasteiger charge is 2.27. The van der Waals surface area contributed by atoms with Crippen molar-refractivity contribution in [2.45, 2.75) is 44.9 Å². The molecule has 5 nitrogen and oxygen atoms in total. The van der Waals surface area contributed by atoms with E-state index in [1.54, 1.807) is 13.2 Å². The van der Waals surface area contributed by atoms with Crippen LogP contribution in [0.3, 0.4) is 0 Å². The summed E-state index contributed by atoms with van der Waals surface area (Å²) in [6.07, 6.45) is 9.69. The van der Waals surface area contributed by atoms with E-state index in [4.69, 9.17) is 4.74 Å². The largest absolute Gasteiger partial charge is 0.497 e. The van der Waals surface area contributed by atoms with Gasteiger partial charge in [0.05, 0.1) is 7.11 Å². The molecule has 1 heterocycles. The van der Waals surface area contributed by atoms with Gasteiger partial charge < -0.3 is 15.0 Å². The molecule has 1 saturated heterocycles. The second-order valence-corrected chi connectivity index (χ2v) is 7.45. The van der Waals surface area contributed by atoms with Gasteiger partial charge in [-0.1, -0.05) is 17.7 Å². The Morgan fingerprint density at radius 3 is 2.74 bits per heavy atom. The number of likely N-dealkylation sites (tertiary alicyclic amines) is 1. The minimum Gasteiger partial charge on any atom is -0.497 e. The van der Waals surface area contributed by atoms with Crippen LogP contribution in [-0.4, -0.2) is 43.5 Å². The molecule has 5 heteroatoms. The molecule has 146 valence electrons. The van der Waals surface area contributed by atoms with Gasteiger partial charge in [0.1, 0.15) is 5.75 Å². The first-order valence-corrected chi connectivity index (χ1v) is 10.1. The lowest BCUT2D eigenvalue weighted by molar-refractivity contribution is -0.126. The number of hydrogen-bond acceptors (Lipinski definition) is 3. The average Bonchev–Trinajstić information content (AvgIpc) is 2.74.